The molecule has 7 nitrogen and oxygen atoms in total. The first kappa shape index (κ1) is 21.0. The predicted octanol–water partition coefficient (Wildman–Crippen LogP) is 1.79. The summed E-state index contributed by atoms with van der Waals surface area (Å²) in [5.41, 5.74) is 6.13. The Morgan fingerprint density at radius 1 is 1.29 bits per heavy atom. The first-order valence-electron chi connectivity index (χ1n) is 10.6. The van der Waals surface area contributed by atoms with Crippen molar-refractivity contribution in [2.24, 2.45) is 17.6 Å². The Hall–Kier alpha value is -1.73. The van der Waals surface area contributed by atoms with Gasteiger partial charge < -0.3 is 15.4 Å². The topological polar surface area (TPSA) is 90.4 Å². The molecule has 0 unspecified atom stereocenters. The van der Waals surface area contributed by atoms with Crippen LogP contribution in [-0.4, -0.2) is 51.7 Å². The van der Waals surface area contributed by atoms with Crippen LogP contribution in [0, 0.1) is 11.8 Å². The lowest BCUT2D eigenvalue weighted by atomic mass is 9.80. The van der Waals surface area contributed by atoms with Crippen molar-refractivity contribution in [3.63, 3.8) is 0 Å². The lowest BCUT2D eigenvalue weighted by molar-refractivity contribution is -0.139. The maximum Gasteiger partial charge on any atom is 0.253 e. The second kappa shape index (κ2) is 9.65. The van der Waals surface area contributed by atoms with E-state index < -0.39 is 0 Å². The molecule has 1 aromatic rings. The van der Waals surface area contributed by atoms with Crippen LogP contribution in [0.25, 0.3) is 0 Å². The van der Waals surface area contributed by atoms with E-state index >= 15 is 0 Å². The molecule has 28 heavy (non-hydrogen) atoms. The van der Waals surface area contributed by atoms with E-state index in [-0.39, 0.29) is 36.2 Å². The van der Waals surface area contributed by atoms with Crippen molar-refractivity contribution in [2.45, 2.75) is 77.1 Å². The van der Waals surface area contributed by atoms with Crippen molar-refractivity contribution in [2.75, 3.05) is 13.2 Å². The molecular formula is C21H34N4O3. The number of carbonyl (C=O) groups is 1. The molecule has 1 saturated carbocycles. The summed E-state index contributed by atoms with van der Waals surface area (Å²) >= 11 is 0. The highest BCUT2D eigenvalue weighted by molar-refractivity contribution is 5.76. The van der Waals surface area contributed by atoms with Gasteiger partial charge in [0.25, 0.3) is 5.56 Å². The van der Waals surface area contributed by atoms with E-state index in [0.717, 1.165) is 37.5 Å². The average Bonchev–Trinajstić information content (AvgIpc) is 2.69. The summed E-state index contributed by atoms with van der Waals surface area (Å²) in [4.78, 5) is 30.5. The van der Waals surface area contributed by atoms with Gasteiger partial charge in [0, 0.05) is 24.8 Å². The summed E-state index contributed by atoms with van der Waals surface area (Å²) in [6, 6.07) is 1.15. The van der Waals surface area contributed by atoms with Crippen LogP contribution >= 0.6 is 0 Å². The number of ether oxygens (including phenoxy) is 1. The van der Waals surface area contributed by atoms with Gasteiger partial charge in [0.2, 0.25) is 5.91 Å². The first-order chi connectivity index (χ1) is 13.5. The molecule has 0 bridgehead atoms. The van der Waals surface area contributed by atoms with Gasteiger partial charge >= 0.3 is 0 Å². The standard InChI is InChI=1S/C21H34N4O3/c1-15(2)16-5-7-17(8-6-16)28-13-19-18(22)4-3-11-25(19)21(27)12-24-14-23-10-9-20(24)26/h9-10,14-19H,3-8,11-13,22H2,1-2H3/t16?,17?,18-,19-/m0/s1. The van der Waals surface area contributed by atoms with Crippen LogP contribution < -0.4 is 11.3 Å². The number of hydrogen-bond acceptors (Lipinski definition) is 5. The largest absolute Gasteiger partial charge is 0.376 e. The SMILES string of the molecule is CC(C)C1CCC(OC[C@H]2[C@@H](N)CCCN2C(=O)Cn2cnccc2=O)CC1. The van der Waals surface area contributed by atoms with Gasteiger partial charge in [0.15, 0.2) is 0 Å². The van der Waals surface area contributed by atoms with Crippen LogP contribution in [0.5, 0.6) is 0 Å². The van der Waals surface area contributed by atoms with E-state index in [9.17, 15) is 9.59 Å². The third-order valence-electron chi connectivity index (χ3n) is 6.41. The highest BCUT2D eigenvalue weighted by Gasteiger charge is 2.34. The number of aromatic nitrogens is 2. The minimum absolute atomic E-state index is 0.00457. The van der Waals surface area contributed by atoms with Crippen molar-refractivity contribution >= 4 is 5.91 Å². The second-order valence-electron chi connectivity index (χ2n) is 8.62. The normalized spacial score (nSPS) is 28.5. The summed E-state index contributed by atoms with van der Waals surface area (Å²) in [5.74, 6) is 1.44. The quantitative estimate of drug-likeness (QED) is 0.800. The molecule has 2 fully saturated rings. The Bertz CT molecular complexity index is 697. The van der Waals surface area contributed by atoms with Gasteiger partial charge in [-0.25, -0.2) is 4.98 Å². The zero-order valence-corrected chi connectivity index (χ0v) is 17.1. The number of nitrogens with two attached hydrogens (primary N) is 1. The Morgan fingerprint density at radius 2 is 2.04 bits per heavy atom. The molecule has 0 radical (unpaired) electrons. The summed E-state index contributed by atoms with van der Waals surface area (Å²) in [6.07, 6.45) is 9.48. The maximum atomic E-state index is 12.9. The molecule has 1 saturated heterocycles. The molecule has 1 aromatic heterocycles. The third kappa shape index (κ3) is 5.20. The minimum Gasteiger partial charge on any atom is -0.376 e. The van der Waals surface area contributed by atoms with Crippen LogP contribution in [0.2, 0.25) is 0 Å². The third-order valence-corrected chi connectivity index (χ3v) is 6.41. The smallest absolute Gasteiger partial charge is 0.253 e. The van der Waals surface area contributed by atoms with Crippen LogP contribution in [0.3, 0.4) is 0 Å². The molecule has 7 heteroatoms. The molecule has 0 aromatic carbocycles. The molecule has 0 spiro atoms. The fourth-order valence-corrected chi connectivity index (χ4v) is 4.50. The van der Waals surface area contributed by atoms with Crippen molar-refractivity contribution < 1.29 is 9.53 Å². The highest BCUT2D eigenvalue weighted by atomic mass is 16.5. The molecule has 1 aliphatic heterocycles. The number of likely N-dealkylation sites (tertiary alicyclic amines) is 1. The number of piperidine rings is 1. The number of nitrogens with zero attached hydrogens (tertiary/aromatic N) is 3. The van der Waals surface area contributed by atoms with E-state index in [1.807, 2.05) is 4.90 Å². The molecular weight excluding hydrogens is 356 g/mol. The van der Waals surface area contributed by atoms with E-state index in [1.54, 1.807) is 0 Å². The molecule has 1 amide bonds. The Balaban J connectivity index is 1.57. The van der Waals surface area contributed by atoms with Gasteiger partial charge in [0.1, 0.15) is 6.54 Å². The van der Waals surface area contributed by atoms with Gasteiger partial charge in [-0.05, 0) is 50.4 Å². The molecule has 2 N–H and O–H groups in total. The Labute approximate surface area is 167 Å². The summed E-state index contributed by atoms with van der Waals surface area (Å²) < 4.78 is 7.56. The van der Waals surface area contributed by atoms with Crippen LogP contribution in [-0.2, 0) is 16.1 Å². The number of carbonyl (C=O) groups excluding carboxylic acids is 1. The lowest BCUT2D eigenvalue weighted by Gasteiger charge is -2.41. The van der Waals surface area contributed by atoms with Gasteiger partial charge in [-0.3, -0.25) is 14.2 Å². The summed E-state index contributed by atoms with van der Waals surface area (Å²) in [6.45, 7) is 5.73. The lowest BCUT2D eigenvalue weighted by Crippen LogP contribution is -2.57. The van der Waals surface area contributed by atoms with Crippen LogP contribution in [0.4, 0.5) is 0 Å². The second-order valence-corrected chi connectivity index (χ2v) is 8.62. The predicted molar refractivity (Wildman–Crippen MR) is 108 cm³/mol. The first-order valence-corrected chi connectivity index (χ1v) is 10.6. The molecule has 1 aliphatic carbocycles. The van der Waals surface area contributed by atoms with Crippen LogP contribution in [0.15, 0.2) is 23.4 Å². The molecule has 2 heterocycles. The zero-order chi connectivity index (χ0) is 20.1. The van der Waals surface area contributed by atoms with Gasteiger partial charge in [-0.1, -0.05) is 13.8 Å². The van der Waals surface area contributed by atoms with Gasteiger partial charge in [-0.2, -0.15) is 0 Å². The molecule has 2 aliphatic rings. The van der Waals surface area contributed by atoms with Crippen molar-refractivity contribution in [3.8, 4) is 0 Å². The van der Waals surface area contributed by atoms with Gasteiger partial charge in [-0.15, -0.1) is 0 Å². The van der Waals surface area contributed by atoms with E-state index in [2.05, 4.69) is 18.8 Å². The average molecular weight is 391 g/mol. The summed E-state index contributed by atoms with van der Waals surface area (Å²) in [7, 11) is 0. The van der Waals surface area contributed by atoms with Crippen molar-refractivity contribution in [1.29, 1.82) is 0 Å². The summed E-state index contributed by atoms with van der Waals surface area (Å²) in [5, 5.41) is 0. The molecule has 156 valence electrons. The van der Waals surface area contributed by atoms with Gasteiger partial charge in [0.05, 0.1) is 25.1 Å². The fourth-order valence-electron chi connectivity index (χ4n) is 4.50. The van der Waals surface area contributed by atoms with E-state index in [4.69, 9.17) is 10.5 Å². The highest BCUT2D eigenvalue weighted by Crippen LogP contribution is 2.31. The molecule has 2 atom stereocenters. The Kier molecular flexibility index (Phi) is 7.24. The maximum absolute atomic E-state index is 12.9. The molecule has 3 rings (SSSR count). The fraction of sp³-hybridized carbons (Fsp3) is 0.762. The number of amides is 1. The minimum atomic E-state index is -0.223. The number of rotatable bonds is 6. The van der Waals surface area contributed by atoms with E-state index in [1.165, 1.54) is 36.0 Å². The number of hydrogen-bond donors (Lipinski definition) is 1. The monoisotopic (exact) mass is 390 g/mol. The zero-order valence-electron chi connectivity index (χ0n) is 17.1. The van der Waals surface area contributed by atoms with E-state index in [0.29, 0.717) is 13.2 Å². The Morgan fingerprint density at radius 3 is 2.71 bits per heavy atom. The van der Waals surface area contributed by atoms with Crippen LogP contribution in [0.1, 0.15) is 52.4 Å². The van der Waals surface area contributed by atoms with Crippen molar-refractivity contribution in [1.82, 2.24) is 14.5 Å². The van der Waals surface area contributed by atoms with Crippen molar-refractivity contribution in [3.05, 3.63) is 28.9 Å².